The fourth-order valence-corrected chi connectivity index (χ4v) is 3.27. The molecule has 1 aliphatic rings. The third-order valence-corrected chi connectivity index (χ3v) is 4.83. The summed E-state index contributed by atoms with van der Waals surface area (Å²) in [6, 6.07) is 16.8. The van der Waals surface area contributed by atoms with Gasteiger partial charge < -0.3 is 5.32 Å². The summed E-state index contributed by atoms with van der Waals surface area (Å²) in [6.45, 7) is 3.95. The number of carbonyl (C=O) groups is 1. The number of nitrogens with one attached hydrogen (secondary N) is 1. The summed E-state index contributed by atoms with van der Waals surface area (Å²) < 4.78 is 13.6. The molecule has 1 amide bonds. The molecule has 2 atom stereocenters. The van der Waals surface area contributed by atoms with Gasteiger partial charge in [-0.05, 0) is 37.4 Å². The molecule has 1 fully saturated rings. The van der Waals surface area contributed by atoms with Gasteiger partial charge in [0.25, 0.3) is 0 Å². The van der Waals surface area contributed by atoms with Crippen LogP contribution in [0.4, 0.5) is 4.39 Å². The number of halogens is 1. The van der Waals surface area contributed by atoms with Crippen LogP contribution in [-0.2, 0) is 11.3 Å². The first kappa shape index (κ1) is 16.7. The van der Waals surface area contributed by atoms with E-state index < -0.39 is 0 Å². The maximum absolute atomic E-state index is 13.6. The quantitative estimate of drug-likeness (QED) is 0.914. The molecule has 1 heterocycles. The Morgan fingerprint density at radius 2 is 1.92 bits per heavy atom. The van der Waals surface area contributed by atoms with E-state index >= 15 is 0 Å². The van der Waals surface area contributed by atoms with E-state index in [0.717, 1.165) is 19.5 Å². The minimum atomic E-state index is -0.282. The molecular weight excluding hydrogens is 303 g/mol. The Kier molecular flexibility index (Phi) is 5.26. The van der Waals surface area contributed by atoms with E-state index in [1.807, 2.05) is 13.0 Å². The van der Waals surface area contributed by atoms with Gasteiger partial charge in [-0.2, -0.15) is 0 Å². The molecule has 0 saturated carbocycles. The summed E-state index contributed by atoms with van der Waals surface area (Å²) >= 11 is 0. The van der Waals surface area contributed by atoms with Gasteiger partial charge >= 0.3 is 0 Å². The second kappa shape index (κ2) is 7.58. The number of rotatable bonds is 5. The van der Waals surface area contributed by atoms with Crippen molar-refractivity contribution in [1.82, 2.24) is 10.2 Å². The van der Waals surface area contributed by atoms with E-state index in [1.54, 1.807) is 18.2 Å². The molecule has 4 heteroatoms. The number of hydrogen-bond donors (Lipinski definition) is 1. The van der Waals surface area contributed by atoms with Crippen LogP contribution in [-0.4, -0.2) is 29.9 Å². The van der Waals surface area contributed by atoms with Crippen LogP contribution in [0, 0.1) is 5.82 Å². The highest BCUT2D eigenvalue weighted by molar-refractivity contribution is 5.81. The van der Waals surface area contributed by atoms with Crippen molar-refractivity contribution in [2.75, 3.05) is 13.1 Å². The fourth-order valence-electron chi connectivity index (χ4n) is 3.27. The van der Waals surface area contributed by atoms with Gasteiger partial charge in [0.1, 0.15) is 5.82 Å². The molecule has 2 aromatic rings. The van der Waals surface area contributed by atoms with Crippen LogP contribution >= 0.6 is 0 Å². The van der Waals surface area contributed by atoms with Crippen molar-refractivity contribution in [2.24, 2.45) is 0 Å². The lowest BCUT2D eigenvalue weighted by atomic mass is 9.99. The van der Waals surface area contributed by atoms with Crippen molar-refractivity contribution >= 4 is 5.91 Å². The second-order valence-electron chi connectivity index (χ2n) is 6.38. The highest BCUT2D eigenvalue weighted by Gasteiger charge is 2.30. The molecule has 3 rings (SSSR count). The van der Waals surface area contributed by atoms with E-state index in [1.165, 1.54) is 11.6 Å². The third-order valence-electron chi connectivity index (χ3n) is 4.83. The summed E-state index contributed by atoms with van der Waals surface area (Å²) in [5, 5.41) is 2.85. The van der Waals surface area contributed by atoms with E-state index in [2.05, 4.69) is 34.5 Å². The van der Waals surface area contributed by atoms with Crippen molar-refractivity contribution in [2.45, 2.75) is 31.8 Å². The summed E-state index contributed by atoms with van der Waals surface area (Å²) in [7, 11) is 0. The molecule has 24 heavy (non-hydrogen) atoms. The van der Waals surface area contributed by atoms with Gasteiger partial charge in [0.2, 0.25) is 5.91 Å². The van der Waals surface area contributed by atoms with Gasteiger partial charge in [-0.3, -0.25) is 9.69 Å². The van der Waals surface area contributed by atoms with Gasteiger partial charge in [0, 0.05) is 18.7 Å². The first-order chi connectivity index (χ1) is 11.6. The molecule has 0 spiro atoms. The number of amides is 1. The fraction of sp³-hybridized carbons (Fsp3) is 0.350. The monoisotopic (exact) mass is 326 g/mol. The Morgan fingerprint density at radius 3 is 2.67 bits per heavy atom. The Balaban J connectivity index is 1.54. The molecule has 0 radical (unpaired) electrons. The van der Waals surface area contributed by atoms with Crippen molar-refractivity contribution in [3.8, 4) is 0 Å². The average Bonchev–Trinajstić information content (AvgIpc) is 3.11. The van der Waals surface area contributed by atoms with Crippen LogP contribution in [0.5, 0.6) is 0 Å². The van der Waals surface area contributed by atoms with Crippen LogP contribution in [0.3, 0.4) is 0 Å². The molecule has 126 valence electrons. The lowest BCUT2D eigenvalue weighted by molar-refractivity contribution is -0.125. The minimum Gasteiger partial charge on any atom is -0.351 e. The predicted octanol–water partition coefficient (Wildman–Crippen LogP) is 3.32. The van der Waals surface area contributed by atoms with Gasteiger partial charge in [-0.15, -0.1) is 0 Å². The number of benzene rings is 2. The molecule has 1 N–H and O–H groups in total. The highest BCUT2D eigenvalue weighted by atomic mass is 19.1. The molecule has 1 saturated heterocycles. The number of likely N-dealkylation sites (tertiary alicyclic amines) is 1. The van der Waals surface area contributed by atoms with E-state index in [4.69, 9.17) is 0 Å². The van der Waals surface area contributed by atoms with Crippen LogP contribution < -0.4 is 5.32 Å². The highest BCUT2D eigenvalue weighted by Crippen LogP contribution is 2.28. The Hall–Kier alpha value is -2.20. The van der Waals surface area contributed by atoms with Crippen LogP contribution in [0.15, 0.2) is 54.6 Å². The first-order valence-corrected chi connectivity index (χ1v) is 8.45. The van der Waals surface area contributed by atoms with Crippen molar-refractivity contribution in [1.29, 1.82) is 0 Å². The van der Waals surface area contributed by atoms with E-state index in [0.29, 0.717) is 11.5 Å². The molecule has 3 nitrogen and oxygen atoms in total. The van der Waals surface area contributed by atoms with Crippen molar-refractivity contribution in [3.63, 3.8) is 0 Å². The Bertz CT molecular complexity index is 689. The summed E-state index contributed by atoms with van der Waals surface area (Å²) in [5.41, 5.74) is 1.85. The standard InChI is InChI=1S/C20H23FN2O/c1-15(20(24)22-13-17-9-5-6-10-19(17)21)23-12-11-18(14-23)16-7-3-2-4-8-16/h2-10,15,18H,11-14H2,1H3,(H,22,24)/t15-,18+/m1/s1. The van der Waals surface area contributed by atoms with E-state index in [-0.39, 0.29) is 24.3 Å². The summed E-state index contributed by atoms with van der Waals surface area (Å²) in [6.07, 6.45) is 1.06. The molecule has 0 aliphatic carbocycles. The Labute approximate surface area is 142 Å². The number of carbonyl (C=O) groups excluding carboxylic acids is 1. The minimum absolute atomic E-state index is 0.0491. The average molecular weight is 326 g/mol. The predicted molar refractivity (Wildman–Crippen MR) is 93.1 cm³/mol. The molecule has 2 aromatic carbocycles. The molecule has 1 aliphatic heterocycles. The first-order valence-electron chi connectivity index (χ1n) is 8.45. The maximum atomic E-state index is 13.6. The smallest absolute Gasteiger partial charge is 0.237 e. The topological polar surface area (TPSA) is 32.3 Å². The molecule has 0 aromatic heterocycles. The van der Waals surface area contributed by atoms with Gasteiger partial charge in [0.15, 0.2) is 0 Å². The van der Waals surface area contributed by atoms with Crippen molar-refractivity contribution in [3.05, 3.63) is 71.5 Å². The van der Waals surface area contributed by atoms with Crippen LogP contribution in [0.25, 0.3) is 0 Å². The second-order valence-corrected chi connectivity index (χ2v) is 6.38. The lowest BCUT2D eigenvalue weighted by Gasteiger charge is -2.23. The van der Waals surface area contributed by atoms with Gasteiger partial charge in [-0.25, -0.2) is 4.39 Å². The zero-order valence-corrected chi connectivity index (χ0v) is 13.9. The summed E-state index contributed by atoms with van der Waals surface area (Å²) in [5.74, 6) is 0.149. The van der Waals surface area contributed by atoms with Gasteiger partial charge in [0.05, 0.1) is 6.04 Å². The van der Waals surface area contributed by atoms with Gasteiger partial charge in [-0.1, -0.05) is 48.5 Å². The number of hydrogen-bond acceptors (Lipinski definition) is 2. The maximum Gasteiger partial charge on any atom is 0.237 e. The lowest BCUT2D eigenvalue weighted by Crippen LogP contribution is -2.43. The zero-order valence-electron chi connectivity index (χ0n) is 13.9. The SMILES string of the molecule is C[C@H](C(=O)NCc1ccccc1F)N1CC[C@H](c2ccccc2)C1. The summed E-state index contributed by atoms with van der Waals surface area (Å²) in [4.78, 5) is 14.6. The Morgan fingerprint density at radius 1 is 1.21 bits per heavy atom. The zero-order chi connectivity index (χ0) is 16.9. The normalized spacial score (nSPS) is 19.2. The molecule has 0 unspecified atom stereocenters. The number of nitrogens with zero attached hydrogens (tertiary/aromatic N) is 1. The molecular formula is C20H23FN2O. The largest absolute Gasteiger partial charge is 0.351 e. The third kappa shape index (κ3) is 3.82. The van der Waals surface area contributed by atoms with Crippen LogP contribution in [0.2, 0.25) is 0 Å². The van der Waals surface area contributed by atoms with Crippen LogP contribution in [0.1, 0.15) is 30.4 Å². The van der Waals surface area contributed by atoms with Crippen molar-refractivity contribution < 1.29 is 9.18 Å². The van der Waals surface area contributed by atoms with E-state index in [9.17, 15) is 9.18 Å². The molecule has 0 bridgehead atoms.